The van der Waals surface area contributed by atoms with Crippen molar-refractivity contribution >= 4 is 5.91 Å². The van der Waals surface area contributed by atoms with E-state index in [4.69, 9.17) is 23.5 Å². The first-order valence-corrected chi connectivity index (χ1v) is 11.3. The molecule has 0 aliphatic carbocycles. The average molecular weight is 468 g/mol. The zero-order valence-corrected chi connectivity index (χ0v) is 19.9. The number of rotatable bonds is 10. The molecule has 0 spiro atoms. The first kappa shape index (κ1) is 23.4. The summed E-state index contributed by atoms with van der Waals surface area (Å²) < 4.78 is 27.5. The van der Waals surface area contributed by atoms with Gasteiger partial charge >= 0.3 is 0 Å². The summed E-state index contributed by atoms with van der Waals surface area (Å²) >= 11 is 0. The van der Waals surface area contributed by atoms with Crippen molar-refractivity contribution in [3.8, 4) is 34.4 Å². The molecule has 34 heavy (non-hydrogen) atoms. The third kappa shape index (κ3) is 4.93. The van der Waals surface area contributed by atoms with E-state index in [0.717, 1.165) is 11.1 Å². The van der Waals surface area contributed by atoms with Gasteiger partial charge in [0.05, 0.1) is 33.4 Å². The van der Waals surface area contributed by atoms with E-state index in [-0.39, 0.29) is 11.8 Å². The summed E-state index contributed by atoms with van der Waals surface area (Å²) in [6, 6.07) is 11.2. The summed E-state index contributed by atoms with van der Waals surface area (Å²) in [7, 11) is 3.15. The predicted molar refractivity (Wildman–Crippen MR) is 124 cm³/mol. The summed E-state index contributed by atoms with van der Waals surface area (Å²) in [6.07, 6.45) is 0.322. The van der Waals surface area contributed by atoms with Crippen LogP contribution < -0.4 is 18.9 Å². The van der Waals surface area contributed by atoms with E-state index in [2.05, 4.69) is 10.1 Å². The summed E-state index contributed by atoms with van der Waals surface area (Å²) in [5.74, 6) is 3.35. The summed E-state index contributed by atoms with van der Waals surface area (Å²) in [5.41, 5.74) is 1.71. The van der Waals surface area contributed by atoms with Crippen LogP contribution in [-0.4, -0.2) is 54.9 Å². The maximum atomic E-state index is 12.7. The molecule has 3 aromatic rings. The maximum absolute atomic E-state index is 12.7. The van der Waals surface area contributed by atoms with Gasteiger partial charge in [-0.15, -0.1) is 0 Å². The van der Waals surface area contributed by atoms with Crippen LogP contribution in [-0.2, 0) is 11.3 Å². The monoisotopic (exact) mass is 467 g/mol. The Morgan fingerprint density at radius 3 is 2.44 bits per heavy atom. The molecule has 1 saturated heterocycles. The van der Waals surface area contributed by atoms with Crippen LogP contribution in [0.3, 0.4) is 0 Å². The normalized spacial score (nSPS) is 15.5. The molecule has 9 heteroatoms. The molecule has 1 aliphatic rings. The van der Waals surface area contributed by atoms with Crippen molar-refractivity contribution in [3.05, 3.63) is 47.9 Å². The van der Waals surface area contributed by atoms with Crippen molar-refractivity contribution in [2.75, 3.05) is 34.0 Å². The highest BCUT2D eigenvalue weighted by Gasteiger charge is 2.34. The quantitative estimate of drug-likeness (QED) is 0.440. The second-order valence-corrected chi connectivity index (χ2v) is 7.85. The average Bonchev–Trinajstić information content (AvgIpc) is 3.48. The van der Waals surface area contributed by atoms with Crippen LogP contribution in [0.4, 0.5) is 0 Å². The van der Waals surface area contributed by atoms with Gasteiger partial charge in [-0.05, 0) is 49.7 Å². The molecule has 2 heterocycles. The van der Waals surface area contributed by atoms with Gasteiger partial charge in [0.15, 0.2) is 23.0 Å². The Labute approximate surface area is 198 Å². The Bertz CT molecular complexity index is 1150. The lowest BCUT2D eigenvalue weighted by Crippen LogP contribution is -2.24. The van der Waals surface area contributed by atoms with E-state index in [1.165, 1.54) is 0 Å². The summed E-state index contributed by atoms with van der Waals surface area (Å²) in [6.45, 7) is 5.93. The third-order valence-corrected chi connectivity index (χ3v) is 5.63. The van der Waals surface area contributed by atoms with Gasteiger partial charge in [0, 0.05) is 25.1 Å². The van der Waals surface area contributed by atoms with E-state index in [1.54, 1.807) is 31.3 Å². The number of likely N-dealkylation sites (tertiary alicyclic amines) is 1. The van der Waals surface area contributed by atoms with Gasteiger partial charge in [0.2, 0.25) is 17.6 Å². The second kappa shape index (κ2) is 10.5. The maximum Gasteiger partial charge on any atom is 0.232 e. The molecule has 1 amide bonds. The van der Waals surface area contributed by atoms with Crippen LogP contribution in [0.1, 0.15) is 37.6 Å². The van der Waals surface area contributed by atoms with E-state index < -0.39 is 0 Å². The number of amides is 1. The molecule has 1 fully saturated rings. The van der Waals surface area contributed by atoms with Crippen LogP contribution in [0.5, 0.6) is 23.0 Å². The van der Waals surface area contributed by atoms with Gasteiger partial charge in [0.25, 0.3) is 0 Å². The zero-order chi connectivity index (χ0) is 24.1. The predicted octanol–water partition coefficient (Wildman–Crippen LogP) is 4.07. The lowest BCUT2D eigenvalue weighted by Gasteiger charge is -2.18. The molecule has 0 saturated carbocycles. The topological polar surface area (TPSA) is 96.2 Å². The molecule has 1 aliphatic heterocycles. The number of ether oxygens (including phenoxy) is 4. The highest BCUT2D eigenvalue weighted by molar-refractivity contribution is 5.79. The molecule has 0 bridgehead atoms. The molecule has 0 radical (unpaired) electrons. The molecule has 2 aromatic carbocycles. The van der Waals surface area contributed by atoms with Crippen LogP contribution >= 0.6 is 0 Å². The minimum Gasteiger partial charge on any atom is -0.493 e. The van der Waals surface area contributed by atoms with Gasteiger partial charge < -0.3 is 28.4 Å². The Morgan fingerprint density at radius 1 is 0.971 bits per heavy atom. The van der Waals surface area contributed by atoms with Crippen molar-refractivity contribution in [2.45, 2.75) is 32.7 Å². The molecule has 4 rings (SSSR count). The van der Waals surface area contributed by atoms with Crippen LogP contribution in [0.25, 0.3) is 11.4 Å². The highest BCUT2D eigenvalue weighted by Crippen LogP contribution is 2.34. The fourth-order valence-electron chi connectivity index (χ4n) is 4.00. The minimum atomic E-state index is -0.164. The Morgan fingerprint density at radius 2 is 1.71 bits per heavy atom. The van der Waals surface area contributed by atoms with Crippen molar-refractivity contribution in [3.63, 3.8) is 0 Å². The molecule has 0 N–H and O–H groups in total. The number of carbonyl (C=O) groups is 1. The fourth-order valence-corrected chi connectivity index (χ4v) is 4.00. The number of benzene rings is 2. The molecular formula is C25H29N3O6. The Balaban J connectivity index is 1.46. The van der Waals surface area contributed by atoms with Gasteiger partial charge in [-0.2, -0.15) is 4.98 Å². The molecule has 1 unspecified atom stereocenters. The lowest BCUT2D eigenvalue weighted by molar-refractivity contribution is -0.128. The number of methoxy groups -OCH3 is 2. The number of hydrogen-bond acceptors (Lipinski definition) is 8. The number of hydrogen-bond donors (Lipinski definition) is 0. The van der Waals surface area contributed by atoms with Gasteiger partial charge in [0.1, 0.15) is 0 Å². The van der Waals surface area contributed by atoms with E-state index >= 15 is 0 Å². The van der Waals surface area contributed by atoms with E-state index in [0.29, 0.717) is 67.4 Å². The van der Waals surface area contributed by atoms with E-state index in [9.17, 15) is 4.79 Å². The Hall–Kier alpha value is -3.75. The molecule has 180 valence electrons. The van der Waals surface area contributed by atoms with Crippen LogP contribution in [0.2, 0.25) is 0 Å². The van der Waals surface area contributed by atoms with Gasteiger partial charge in [-0.1, -0.05) is 11.2 Å². The standard InChI is InChI=1S/C25H29N3O6/c1-5-32-20-9-7-16(11-22(20)33-6-2)14-28-15-18(13-23(28)29)25-26-24(27-34-25)17-8-10-19(30-3)21(12-17)31-4/h7-12,18H,5-6,13-15H2,1-4H3. The minimum absolute atomic E-state index is 0.0442. The first-order chi connectivity index (χ1) is 16.6. The van der Waals surface area contributed by atoms with Crippen LogP contribution in [0.15, 0.2) is 40.9 Å². The van der Waals surface area contributed by atoms with Gasteiger partial charge in [-0.3, -0.25) is 4.79 Å². The van der Waals surface area contributed by atoms with Gasteiger partial charge in [-0.25, -0.2) is 0 Å². The van der Waals surface area contributed by atoms with Crippen molar-refractivity contribution < 1.29 is 28.3 Å². The molecule has 1 atom stereocenters. The SMILES string of the molecule is CCOc1ccc(CN2CC(c3nc(-c4ccc(OC)c(OC)c4)no3)CC2=O)cc1OCC. The molecular weight excluding hydrogens is 438 g/mol. The van der Waals surface area contributed by atoms with Crippen molar-refractivity contribution in [2.24, 2.45) is 0 Å². The summed E-state index contributed by atoms with van der Waals surface area (Å²) in [4.78, 5) is 19.1. The highest BCUT2D eigenvalue weighted by atomic mass is 16.5. The lowest BCUT2D eigenvalue weighted by atomic mass is 10.1. The molecule has 9 nitrogen and oxygen atoms in total. The van der Waals surface area contributed by atoms with Crippen LogP contribution in [0, 0.1) is 0 Å². The largest absolute Gasteiger partial charge is 0.493 e. The third-order valence-electron chi connectivity index (χ3n) is 5.63. The first-order valence-electron chi connectivity index (χ1n) is 11.3. The second-order valence-electron chi connectivity index (χ2n) is 7.85. The smallest absolute Gasteiger partial charge is 0.232 e. The fraction of sp³-hybridized carbons (Fsp3) is 0.400. The Kier molecular flexibility index (Phi) is 7.20. The zero-order valence-electron chi connectivity index (χ0n) is 19.9. The van der Waals surface area contributed by atoms with E-state index in [1.807, 2.05) is 38.1 Å². The van der Waals surface area contributed by atoms with Crippen molar-refractivity contribution in [1.82, 2.24) is 15.0 Å². The molecule has 1 aromatic heterocycles. The van der Waals surface area contributed by atoms with Crippen molar-refractivity contribution in [1.29, 1.82) is 0 Å². The summed E-state index contributed by atoms with van der Waals surface area (Å²) in [5, 5.41) is 4.11. The number of aromatic nitrogens is 2. The number of nitrogens with zero attached hydrogens (tertiary/aromatic N) is 3. The number of carbonyl (C=O) groups excluding carboxylic acids is 1.